The molecule has 0 spiro atoms. The van der Waals surface area contributed by atoms with Gasteiger partial charge in [0.15, 0.2) is 0 Å². The lowest BCUT2D eigenvalue weighted by Crippen LogP contribution is -2.12. The van der Waals surface area contributed by atoms with Crippen LogP contribution < -0.4 is 0 Å². The third kappa shape index (κ3) is 13.2. The fraction of sp³-hybridized carbons (Fsp3) is 0.0526. The zero-order valence-corrected chi connectivity index (χ0v) is 44.5. The second-order valence-corrected chi connectivity index (χ2v) is 29.2. The number of hydrogen-bond acceptors (Lipinski definition) is 9. The van der Waals surface area contributed by atoms with Gasteiger partial charge in [0.05, 0.1) is 18.8 Å². The normalized spacial score (nSPS) is 12.7. The third-order valence-electron chi connectivity index (χ3n) is 10.4. The van der Waals surface area contributed by atoms with Gasteiger partial charge in [-0.05, 0) is 140 Å². The molecule has 0 heterocycles. The van der Waals surface area contributed by atoms with Crippen molar-refractivity contribution in [3.05, 3.63) is 273 Å². The summed E-state index contributed by atoms with van der Waals surface area (Å²) in [5.74, 6) is 0. The van der Waals surface area contributed by atoms with Crippen LogP contribution >= 0.6 is 30.9 Å². The van der Waals surface area contributed by atoms with Gasteiger partial charge in [0.2, 0.25) is 0 Å². The highest BCUT2D eigenvalue weighted by atomic mass is 32.3. The first kappa shape index (κ1) is 53.6. The first-order valence-corrected chi connectivity index (χ1v) is 32.4. The van der Waals surface area contributed by atoms with E-state index in [1.54, 1.807) is 0 Å². The molecule has 0 unspecified atom stereocenters. The Hall–Kier alpha value is -6.24. The fourth-order valence-corrected chi connectivity index (χ4v) is 22.2. The molecule has 0 aliphatic carbocycles. The fourth-order valence-electron chi connectivity index (χ4n) is 7.64. The topological polar surface area (TPSA) is 130 Å². The lowest BCUT2D eigenvalue weighted by Gasteiger charge is -2.38. The van der Waals surface area contributed by atoms with Gasteiger partial charge in [0.1, 0.15) is 0 Å². The van der Waals surface area contributed by atoms with Crippen LogP contribution in [-0.2, 0) is 41.2 Å². The molecular weight excluding hydrogens is 1020 g/mol. The summed E-state index contributed by atoms with van der Waals surface area (Å²) >= 11 is 0. The summed E-state index contributed by atoms with van der Waals surface area (Å²) in [6.45, 7) is 0. The highest BCUT2D eigenvalue weighted by Crippen LogP contribution is 2.72. The molecule has 0 amide bonds. The van der Waals surface area contributed by atoms with Crippen LogP contribution in [0.4, 0.5) is 0 Å². The summed E-state index contributed by atoms with van der Waals surface area (Å²) in [6, 6.07) is 85.8. The maximum Gasteiger partial charge on any atom is 0.274 e. The number of hydrogen-bond donors (Lipinski definition) is 0. The van der Waals surface area contributed by atoms with Crippen LogP contribution in [0.15, 0.2) is 317 Å². The van der Waals surface area contributed by atoms with Crippen molar-refractivity contribution in [1.82, 2.24) is 0 Å². The molecule has 0 aliphatic heterocycles. The Balaban J connectivity index is 0.000000158. The van der Waals surface area contributed by atoms with Gasteiger partial charge >= 0.3 is 0 Å². The molecular formula is C57H54O9S6. The van der Waals surface area contributed by atoms with Crippen molar-refractivity contribution < 1.29 is 36.1 Å². The molecule has 0 fully saturated rings. The van der Waals surface area contributed by atoms with Crippen LogP contribution in [0, 0.1) is 0 Å². The summed E-state index contributed by atoms with van der Waals surface area (Å²) in [5, 5.41) is 0. The Kier molecular flexibility index (Phi) is 17.8. The van der Waals surface area contributed by atoms with Crippen LogP contribution in [-0.4, -0.2) is 44.0 Å². The monoisotopic (exact) mass is 1070 g/mol. The molecule has 72 heavy (non-hydrogen) atoms. The van der Waals surface area contributed by atoms with Crippen molar-refractivity contribution in [2.45, 2.75) is 44.1 Å². The van der Waals surface area contributed by atoms with E-state index in [1.807, 2.05) is 273 Å². The van der Waals surface area contributed by atoms with Gasteiger partial charge < -0.3 is 0 Å². The Morgan fingerprint density at radius 1 is 0.194 bits per heavy atom. The zero-order chi connectivity index (χ0) is 51.1. The maximum absolute atomic E-state index is 12.2. The predicted octanol–water partition coefficient (Wildman–Crippen LogP) is 14.6. The van der Waals surface area contributed by atoms with Gasteiger partial charge in [-0.1, -0.05) is 164 Å². The lowest BCUT2D eigenvalue weighted by atomic mass is 10.4. The van der Waals surface area contributed by atoms with Gasteiger partial charge in [-0.25, -0.2) is 10.9 Å². The maximum atomic E-state index is 12.2. The average molecular weight is 1080 g/mol. The molecule has 372 valence electrons. The molecule has 0 saturated heterocycles. The van der Waals surface area contributed by atoms with Crippen LogP contribution in [0.1, 0.15) is 0 Å². The van der Waals surface area contributed by atoms with Gasteiger partial charge in [-0.2, -0.15) is 25.3 Å². The van der Waals surface area contributed by atoms with Gasteiger partial charge in [-0.3, -0.25) is 0 Å². The van der Waals surface area contributed by atoms with Crippen molar-refractivity contribution in [3.63, 3.8) is 0 Å². The SMILES string of the molecule is CS(=O)(=O)OS(c1ccccc1)(c1ccccc1)c1ccccc1.CS(=O)(=O)OS(c1ccccc1)(c1ccccc1)c1ccccc1.CS(=O)(=O)OS(c1ccccc1)(c1ccccc1)c1ccccc1. The number of rotatable bonds is 15. The number of benzene rings is 9. The Morgan fingerprint density at radius 2 is 0.292 bits per heavy atom. The van der Waals surface area contributed by atoms with E-state index in [1.165, 1.54) is 0 Å². The minimum absolute atomic E-state index is 0.841. The standard InChI is InChI=1S/3C19H18O3S2/c3*1-23(20,21)22-24(17-11-5-2-6-12-17,18-13-7-3-8-14-18)19-15-9-4-10-16-19/h3*2-16H,1H3. The van der Waals surface area contributed by atoms with E-state index in [9.17, 15) is 25.3 Å². The van der Waals surface area contributed by atoms with Crippen molar-refractivity contribution in [3.8, 4) is 0 Å². The molecule has 0 saturated carbocycles. The Bertz CT molecular complexity index is 2760. The summed E-state index contributed by atoms with van der Waals surface area (Å²) in [5.41, 5.74) is 0. The summed E-state index contributed by atoms with van der Waals surface area (Å²) in [6.07, 6.45) is 3.30. The second-order valence-electron chi connectivity index (χ2n) is 15.8. The molecule has 9 aromatic carbocycles. The molecule has 0 aliphatic rings. The van der Waals surface area contributed by atoms with Crippen molar-refractivity contribution in [2.75, 3.05) is 18.8 Å². The molecule has 9 nitrogen and oxygen atoms in total. The van der Waals surface area contributed by atoms with Crippen molar-refractivity contribution in [2.24, 2.45) is 0 Å². The molecule has 0 bridgehead atoms. The molecule has 9 aromatic rings. The molecule has 0 aromatic heterocycles. The van der Waals surface area contributed by atoms with Crippen LogP contribution in [0.2, 0.25) is 0 Å². The Morgan fingerprint density at radius 3 is 0.375 bits per heavy atom. The van der Waals surface area contributed by atoms with Gasteiger partial charge in [-0.15, -0.1) is 0 Å². The first-order chi connectivity index (χ1) is 34.6. The van der Waals surface area contributed by atoms with E-state index < -0.39 is 61.3 Å². The highest BCUT2D eigenvalue weighted by molar-refractivity contribution is 8.34. The van der Waals surface area contributed by atoms with Gasteiger partial charge in [0.25, 0.3) is 30.4 Å². The van der Waals surface area contributed by atoms with E-state index in [2.05, 4.69) is 0 Å². The van der Waals surface area contributed by atoms with E-state index in [0.717, 1.165) is 62.8 Å². The summed E-state index contributed by atoms with van der Waals surface area (Å²) < 4.78 is 90.5. The molecule has 9 rings (SSSR count). The smallest absolute Gasteiger partial charge is 0.207 e. The second kappa shape index (κ2) is 24.0. The molecule has 0 N–H and O–H groups in total. The van der Waals surface area contributed by atoms with E-state index in [4.69, 9.17) is 10.9 Å². The van der Waals surface area contributed by atoms with Crippen LogP contribution in [0.5, 0.6) is 0 Å². The van der Waals surface area contributed by atoms with E-state index >= 15 is 0 Å². The van der Waals surface area contributed by atoms with E-state index in [-0.39, 0.29) is 0 Å². The molecule has 15 heteroatoms. The van der Waals surface area contributed by atoms with Gasteiger partial charge in [0, 0.05) is 44.1 Å². The zero-order valence-electron chi connectivity index (χ0n) is 39.6. The Labute approximate surface area is 430 Å². The summed E-state index contributed by atoms with van der Waals surface area (Å²) in [7, 11) is -18.2. The van der Waals surface area contributed by atoms with Crippen molar-refractivity contribution in [1.29, 1.82) is 0 Å². The first-order valence-electron chi connectivity index (χ1n) is 22.3. The van der Waals surface area contributed by atoms with Crippen LogP contribution in [0.3, 0.4) is 0 Å². The summed E-state index contributed by atoms with van der Waals surface area (Å²) in [4.78, 5) is 7.57. The molecule has 0 atom stereocenters. The average Bonchev–Trinajstić information content (AvgIpc) is 3.41. The van der Waals surface area contributed by atoms with Crippen molar-refractivity contribution >= 4 is 61.3 Å². The van der Waals surface area contributed by atoms with E-state index in [0.29, 0.717) is 0 Å². The third-order valence-corrected chi connectivity index (χ3v) is 24.2. The minimum Gasteiger partial charge on any atom is -0.207 e. The minimum atomic E-state index is -3.69. The molecule has 0 radical (unpaired) electrons. The largest absolute Gasteiger partial charge is 0.274 e. The highest BCUT2D eigenvalue weighted by Gasteiger charge is 2.38. The quantitative estimate of drug-likeness (QED) is 0.0985. The predicted molar refractivity (Wildman–Crippen MR) is 293 cm³/mol. The lowest BCUT2D eigenvalue weighted by molar-refractivity contribution is 0.513. The van der Waals surface area contributed by atoms with Crippen LogP contribution in [0.25, 0.3) is 0 Å².